The van der Waals surface area contributed by atoms with Crippen LogP contribution in [0.2, 0.25) is 0 Å². The summed E-state index contributed by atoms with van der Waals surface area (Å²) in [6.07, 6.45) is -5.36. The normalized spacial score (nSPS) is 24.7. The standard InChI is InChI=1S/C22H26N3O14P3/c26-19-17(14-36-41(31,32)39-42(33,34)38-40(29,30)24-16-9-5-2-6-10-16)37-21(20(19)27)25-12-11-18(23-22(25)28)35-13-15-7-3-1-4-8-15/h1-12,17,19-21,26-27H,13-14H2,(H,31,32)(H,33,34)(H2,24,29,30)/t17-,19?,20+,21-/m1/s1. The number of aliphatic hydroxyl groups excluding tert-OH is 2. The lowest BCUT2D eigenvalue weighted by molar-refractivity contribution is -0.0543. The number of nitrogens with zero attached hydrogens (tertiary/aromatic N) is 2. The molecule has 1 aromatic heterocycles. The lowest BCUT2D eigenvalue weighted by Gasteiger charge is -2.20. The molecule has 1 saturated heterocycles. The van der Waals surface area contributed by atoms with E-state index in [1.165, 1.54) is 36.5 Å². The Labute approximate surface area is 237 Å². The number of hydrogen-bond donors (Lipinski definition) is 6. The Balaban J connectivity index is 1.33. The van der Waals surface area contributed by atoms with Crippen molar-refractivity contribution in [1.29, 1.82) is 0 Å². The molecule has 0 radical (unpaired) electrons. The molecule has 20 heteroatoms. The summed E-state index contributed by atoms with van der Waals surface area (Å²) in [5, 5.41) is 22.7. The highest BCUT2D eigenvalue weighted by atomic mass is 31.3. The zero-order chi connectivity index (χ0) is 30.5. The molecule has 0 amide bonds. The van der Waals surface area contributed by atoms with Crippen molar-refractivity contribution >= 4 is 29.1 Å². The number of phosphoric ester groups is 1. The smallest absolute Gasteiger partial charge is 0.473 e. The van der Waals surface area contributed by atoms with Crippen molar-refractivity contribution in [3.05, 3.63) is 89.0 Å². The summed E-state index contributed by atoms with van der Waals surface area (Å²) in [7, 11) is -16.3. The third kappa shape index (κ3) is 8.88. The van der Waals surface area contributed by atoms with Gasteiger partial charge in [-0.05, 0) is 17.7 Å². The van der Waals surface area contributed by atoms with Crippen LogP contribution in [0, 0.1) is 0 Å². The number of hydrogen-bond acceptors (Lipinski definition) is 12. The maximum absolute atomic E-state index is 12.5. The van der Waals surface area contributed by atoms with E-state index in [1.54, 1.807) is 6.07 Å². The first kappa shape index (κ1) is 32.2. The number of aromatic nitrogens is 2. The van der Waals surface area contributed by atoms with Crippen LogP contribution in [0.5, 0.6) is 5.88 Å². The van der Waals surface area contributed by atoms with Gasteiger partial charge in [-0.25, -0.2) is 18.5 Å². The molecule has 0 spiro atoms. The maximum Gasteiger partial charge on any atom is 0.489 e. The molecule has 6 N–H and O–H groups in total. The van der Waals surface area contributed by atoms with E-state index in [4.69, 9.17) is 9.47 Å². The van der Waals surface area contributed by atoms with Gasteiger partial charge in [0.2, 0.25) is 5.88 Å². The average Bonchev–Trinajstić information content (AvgIpc) is 3.19. The fraction of sp³-hybridized carbons (Fsp3) is 0.273. The lowest BCUT2D eigenvalue weighted by Crippen LogP contribution is -2.36. The Kier molecular flexibility index (Phi) is 10.2. The van der Waals surface area contributed by atoms with Gasteiger partial charge in [0.25, 0.3) is 0 Å². The van der Waals surface area contributed by atoms with Crippen molar-refractivity contribution in [2.24, 2.45) is 0 Å². The van der Waals surface area contributed by atoms with Crippen molar-refractivity contribution in [2.75, 3.05) is 11.7 Å². The summed E-state index contributed by atoms with van der Waals surface area (Å²) in [4.78, 5) is 45.7. The Morgan fingerprint density at radius 3 is 2.17 bits per heavy atom. The molecule has 7 atom stereocenters. The third-order valence-electron chi connectivity index (χ3n) is 5.51. The molecule has 1 fully saturated rings. The first-order valence-corrected chi connectivity index (χ1v) is 16.5. The second-order valence-corrected chi connectivity index (χ2v) is 13.4. The number of nitrogens with one attached hydrogen (secondary N) is 1. The van der Waals surface area contributed by atoms with Crippen molar-refractivity contribution in [3.63, 3.8) is 0 Å². The SMILES string of the molecule is O=c1nc(OCc2ccccc2)ccn1[C@@H]1O[C@H](COP(=O)(O)OP(=O)(O)OP(=O)(O)Nc2ccccc2)C(O)[C@@H]1O. The molecule has 0 aliphatic carbocycles. The highest BCUT2D eigenvalue weighted by molar-refractivity contribution is 7.68. The third-order valence-corrected chi connectivity index (χ3v) is 9.89. The van der Waals surface area contributed by atoms with Gasteiger partial charge in [0.15, 0.2) is 6.23 Å². The van der Waals surface area contributed by atoms with Crippen LogP contribution in [0.25, 0.3) is 0 Å². The second kappa shape index (κ2) is 13.3. The van der Waals surface area contributed by atoms with Gasteiger partial charge in [-0.1, -0.05) is 48.5 Å². The van der Waals surface area contributed by atoms with Crippen LogP contribution in [-0.2, 0) is 38.2 Å². The summed E-state index contributed by atoms with van der Waals surface area (Å²) in [5.74, 6) is -0.0200. The number of aliphatic hydroxyl groups is 2. The molecule has 1 aliphatic heterocycles. The van der Waals surface area contributed by atoms with Gasteiger partial charge < -0.3 is 34.4 Å². The molecule has 228 valence electrons. The summed E-state index contributed by atoms with van der Waals surface area (Å²) in [6, 6.07) is 17.6. The predicted molar refractivity (Wildman–Crippen MR) is 143 cm³/mol. The van der Waals surface area contributed by atoms with E-state index in [9.17, 15) is 43.4 Å². The Morgan fingerprint density at radius 2 is 1.52 bits per heavy atom. The molecule has 0 bridgehead atoms. The number of benzene rings is 2. The minimum absolute atomic E-state index is 0.0200. The van der Waals surface area contributed by atoms with Gasteiger partial charge in [-0.3, -0.25) is 14.2 Å². The number of para-hydroxylation sites is 1. The topological polar surface area (TPSA) is 245 Å². The van der Waals surface area contributed by atoms with Crippen LogP contribution in [0.4, 0.5) is 5.69 Å². The molecule has 4 unspecified atom stereocenters. The molecule has 2 heterocycles. The van der Waals surface area contributed by atoms with Gasteiger partial charge >= 0.3 is 29.1 Å². The highest BCUT2D eigenvalue weighted by Crippen LogP contribution is 2.67. The Bertz CT molecular complexity index is 1560. The number of anilines is 1. The molecule has 3 aromatic rings. The molecule has 4 rings (SSSR count). The summed E-state index contributed by atoms with van der Waals surface area (Å²) in [5.41, 5.74) is -0.0613. The summed E-state index contributed by atoms with van der Waals surface area (Å²) >= 11 is 0. The molecule has 42 heavy (non-hydrogen) atoms. The van der Waals surface area contributed by atoms with E-state index in [1.807, 2.05) is 35.4 Å². The van der Waals surface area contributed by atoms with Crippen LogP contribution in [-0.4, -0.2) is 59.4 Å². The van der Waals surface area contributed by atoms with E-state index in [0.29, 0.717) is 0 Å². The first-order valence-electron chi connectivity index (χ1n) is 11.9. The van der Waals surface area contributed by atoms with Crippen molar-refractivity contribution in [2.45, 2.75) is 31.1 Å². The van der Waals surface area contributed by atoms with Crippen molar-refractivity contribution < 1.29 is 61.2 Å². The molecule has 17 nitrogen and oxygen atoms in total. The van der Waals surface area contributed by atoms with Crippen LogP contribution >= 0.6 is 23.4 Å². The van der Waals surface area contributed by atoms with Gasteiger partial charge in [0.05, 0.1) is 6.61 Å². The van der Waals surface area contributed by atoms with E-state index >= 15 is 0 Å². The zero-order valence-electron chi connectivity index (χ0n) is 21.3. The highest BCUT2D eigenvalue weighted by Gasteiger charge is 2.47. The molecule has 2 aromatic carbocycles. The predicted octanol–water partition coefficient (Wildman–Crippen LogP) is 1.90. The van der Waals surface area contributed by atoms with Gasteiger partial charge in [0.1, 0.15) is 24.9 Å². The minimum Gasteiger partial charge on any atom is -0.473 e. The van der Waals surface area contributed by atoms with Crippen LogP contribution in [0.1, 0.15) is 11.8 Å². The minimum atomic E-state index is -5.69. The monoisotopic (exact) mass is 649 g/mol. The maximum atomic E-state index is 12.5. The van der Waals surface area contributed by atoms with E-state index in [2.05, 4.69) is 18.1 Å². The van der Waals surface area contributed by atoms with Crippen LogP contribution < -0.4 is 15.5 Å². The number of rotatable bonds is 13. The molecular formula is C22H26N3O14P3. The van der Waals surface area contributed by atoms with Crippen molar-refractivity contribution in [3.8, 4) is 5.88 Å². The summed E-state index contributed by atoms with van der Waals surface area (Å²) in [6.45, 7) is -0.867. The Hall–Kier alpha value is -2.75. The number of phosphoric acid groups is 2. The van der Waals surface area contributed by atoms with Gasteiger partial charge in [0, 0.05) is 18.0 Å². The van der Waals surface area contributed by atoms with Crippen LogP contribution in [0.3, 0.4) is 0 Å². The lowest BCUT2D eigenvalue weighted by atomic mass is 10.1. The summed E-state index contributed by atoms with van der Waals surface area (Å²) < 4.78 is 61.0. The first-order chi connectivity index (χ1) is 19.7. The quantitative estimate of drug-likeness (QED) is 0.145. The van der Waals surface area contributed by atoms with E-state index < -0.39 is 60.2 Å². The number of ether oxygens (including phenoxy) is 2. The van der Waals surface area contributed by atoms with E-state index in [0.717, 1.165) is 10.1 Å². The molecule has 0 saturated carbocycles. The Morgan fingerprint density at radius 1 is 0.881 bits per heavy atom. The van der Waals surface area contributed by atoms with Crippen LogP contribution in [0.15, 0.2) is 77.7 Å². The largest absolute Gasteiger partial charge is 0.489 e. The second-order valence-electron chi connectivity index (χ2n) is 8.67. The van der Waals surface area contributed by atoms with Gasteiger partial charge in [-0.15, -0.1) is 0 Å². The molecular weight excluding hydrogens is 623 g/mol. The molecule has 1 aliphatic rings. The fourth-order valence-electron chi connectivity index (χ4n) is 3.67. The van der Waals surface area contributed by atoms with Gasteiger partial charge in [-0.2, -0.15) is 13.6 Å². The van der Waals surface area contributed by atoms with Crippen molar-refractivity contribution in [1.82, 2.24) is 9.55 Å². The van der Waals surface area contributed by atoms with E-state index in [-0.39, 0.29) is 18.2 Å². The fourth-order valence-corrected chi connectivity index (χ4v) is 7.38. The average molecular weight is 649 g/mol. The zero-order valence-corrected chi connectivity index (χ0v) is 24.0.